The number of aromatic nitrogens is 2. The first kappa shape index (κ1) is 18.6. The molecule has 0 unspecified atom stereocenters. The van der Waals surface area contributed by atoms with E-state index < -0.39 is 0 Å². The topological polar surface area (TPSA) is 46.9 Å². The van der Waals surface area contributed by atoms with E-state index in [1.54, 1.807) is 18.3 Å². The third-order valence-corrected chi connectivity index (χ3v) is 4.80. The highest BCUT2D eigenvalue weighted by molar-refractivity contribution is 5.97. The van der Waals surface area contributed by atoms with Crippen LogP contribution >= 0.6 is 0 Å². The number of halogens is 1. The lowest BCUT2D eigenvalue weighted by molar-refractivity contribution is 0.0950. The van der Waals surface area contributed by atoms with Crippen LogP contribution in [0.5, 0.6) is 0 Å². The molecule has 0 bridgehead atoms. The summed E-state index contributed by atoms with van der Waals surface area (Å²) in [7, 11) is 0. The maximum absolute atomic E-state index is 13.4. The van der Waals surface area contributed by atoms with Crippen molar-refractivity contribution in [2.24, 2.45) is 0 Å². The van der Waals surface area contributed by atoms with Gasteiger partial charge in [0.1, 0.15) is 5.82 Å². The van der Waals surface area contributed by atoms with Gasteiger partial charge < -0.3 is 9.88 Å². The quantitative estimate of drug-likeness (QED) is 0.530. The van der Waals surface area contributed by atoms with Gasteiger partial charge in [0.2, 0.25) is 0 Å². The lowest BCUT2D eigenvalue weighted by Crippen LogP contribution is -2.23. The maximum atomic E-state index is 13.4. The molecule has 29 heavy (non-hydrogen) atoms. The van der Waals surface area contributed by atoms with Crippen LogP contribution in [0.15, 0.2) is 85.1 Å². The summed E-state index contributed by atoms with van der Waals surface area (Å²) in [4.78, 5) is 17.1. The van der Waals surface area contributed by atoms with Gasteiger partial charge in [-0.05, 0) is 55.0 Å². The second-order valence-corrected chi connectivity index (χ2v) is 6.71. The van der Waals surface area contributed by atoms with E-state index in [1.165, 1.54) is 12.1 Å². The molecule has 0 aliphatic carbocycles. The number of hydrogen-bond donors (Lipinski definition) is 1. The zero-order chi connectivity index (χ0) is 20.2. The fourth-order valence-electron chi connectivity index (χ4n) is 3.35. The van der Waals surface area contributed by atoms with Gasteiger partial charge in [0.05, 0.1) is 23.5 Å². The Morgan fingerprint density at radius 1 is 1.00 bits per heavy atom. The Morgan fingerprint density at radius 2 is 1.72 bits per heavy atom. The summed E-state index contributed by atoms with van der Waals surface area (Å²) in [5.74, 6) is -0.473. The number of rotatable bonds is 5. The molecule has 4 aromatic rings. The molecular weight excluding hydrogens is 365 g/mol. The highest BCUT2D eigenvalue weighted by Gasteiger charge is 2.19. The summed E-state index contributed by atoms with van der Waals surface area (Å²) >= 11 is 0. The molecule has 2 aromatic carbocycles. The van der Waals surface area contributed by atoms with Crippen LogP contribution in [0.3, 0.4) is 0 Å². The molecular formula is C24H20FN3O. The molecule has 2 aromatic heterocycles. The smallest absolute Gasteiger partial charge is 0.253 e. The van der Waals surface area contributed by atoms with Crippen molar-refractivity contribution in [2.75, 3.05) is 0 Å². The Bertz CT molecular complexity index is 1120. The van der Waals surface area contributed by atoms with E-state index in [2.05, 4.69) is 10.3 Å². The van der Waals surface area contributed by atoms with Crippen molar-refractivity contribution in [1.82, 2.24) is 14.9 Å². The van der Waals surface area contributed by atoms with Gasteiger partial charge in [0.25, 0.3) is 5.91 Å². The molecule has 2 heterocycles. The Balaban J connectivity index is 1.73. The van der Waals surface area contributed by atoms with Gasteiger partial charge in [-0.1, -0.05) is 36.4 Å². The van der Waals surface area contributed by atoms with Gasteiger partial charge in [-0.2, -0.15) is 0 Å². The van der Waals surface area contributed by atoms with Crippen molar-refractivity contribution in [3.8, 4) is 16.9 Å². The highest BCUT2D eigenvalue weighted by atomic mass is 19.1. The summed E-state index contributed by atoms with van der Waals surface area (Å²) in [6.07, 6.45) is 1.70. The maximum Gasteiger partial charge on any atom is 0.253 e. The molecule has 0 saturated heterocycles. The number of hydrogen-bond acceptors (Lipinski definition) is 2. The molecule has 1 N–H and O–H groups in total. The van der Waals surface area contributed by atoms with Gasteiger partial charge in [-0.25, -0.2) is 4.39 Å². The third-order valence-electron chi connectivity index (χ3n) is 4.80. The van der Waals surface area contributed by atoms with Crippen LogP contribution in [0.1, 0.15) is 21.7 Å². The van der Waals surface area contributed by atoms with Crippen molar-refractivity contribution in [3.05, 3.63) is 108 Å². The number of pyridine rings is 1. The van der Waals surface area contributed by atoms with Crippen LogP contribution in [0.25, 0.3) is 16.9 Å². The summed E-state index contributed by atoms with van der Waals surface area (Å²) < 4.78 is 15.4. The Hall–Kier alpha value is -3.73. The monoisotopic (exact) mass is 385 g/mol. The second kappa shape index (κ2) is 8.10. The number of nitrogens with zero attached hydrogens (tertiary/aromatic N) is 2. The fraction of sp³-hybridized carbons (Fsp3) is 0.0833. The average Bonchev–Trinajstić information content (AvgIpc) is 3.11. The van der Waals surface area contributed by atoms with E-state index in [4.69, 9.17) is 0 Å². The largest absolute Gasteiger partial charge is 0.346 e. The molecule has 0 fully saturated rings. The van der Waals surface area contributed by atoms with Crippen molar-refractivity contribution in [2.45, 2.75) is 13.5 Å². The Kier molecular flexibility index (Phi) is 5.20. The Morgan fingerprint density at radius 3 is 2.41 bits per heavy atom. The van der Waals surface area contributed by atoms with E-state index in [-0.39, 0.29) is 11.7 Å². The van der Waals surface area contributed by atoms with E-state index >= 15 is 0 Å². The SMILES string of the molecule is Cc1c(C(=O)NCc2ccccn2)cc(-c2ccccc2)n1-c1ccc(F)cc1. The summed E-state index contributed by atoms with van der Waals surface area (Å²) in [5.41, 5.74) is 4.80. The van der Waals surface area contributed by atoms with E-state index in [9.17, 15) is 9.18 Å². The molecule has 5 heteroatoms. The first-order valence-electron chi connectivity index (χ1n) is 9.35. The molecule has 0 saturated carbocycles. The van der Waals surface area contributed by atoms with E-state index in [0.29, 0.717) is 12.1 Å². The van der Waals surface area contributed by atoms with Crippen molar-refractivity contribution in [3.63, 3.8) is 0 Å². The van der Waals surface area contributed by atoms with Gasteiger partial charge >= 0.3 is 0 Å². The molecule has 0 radical (unpaired) electrons. The van der Waals surface area contributed by atoms with Crippen molar-refractivity contribution >= 4 is 5.91 Å². The van der Waals surface area contributed by atoms with Gasteiger partial charge in [0.15, 0.2) is 0 Å². The van der Waals surface area contributed by atoms with Gasteiger partial charge in [-0.15, -0.1) is 0 Å². The predicted molar refractivity (Wildman–Crippen MR) is 111 cm³/mol. The highest BCUT2D eigenvalue weighted by Crippen LogP contribution is 2.29. The van der Waals surface area contributed by atoms with Gasteiger partial charge in [0, 0.05) is 17.6 Å². The molecule has 4 rings (SSSR count). The number of nitrogens with one attached hydrogen (secondary N) is 1. The molecule has 4 nitrogen and oxygen atoms in total. The van der Waals surface area contributed by atoms with Crippen molar-refractivity contribution < 1.29 is 9.18 Å². The third kappa shape index (κ3) is 3.94. The number of carbonyl (C=O) groups excluding carboxylic acids is 1. The van der Waals surface area contributed by atoms with Crippen molar-refractivity contribution in [1.29, 1.82) is 0 Å². The Labute approximate surface area is 168 Å². The van der Waals surface area contributed by atoms with E-state index in [0.717, 1.165) is 28.3 Å². The van der Waals surface area contributed by atoms with E-state index in [1.807, 2.05) is 66.1 Å². The van der Waals surface area contributed by atoms with Crippen LogP contribution in [0, 0.1) is 12.7 Å². The molecule has 144 valence electrons. The minimum absolute atomic E-state index is 0.175. The minimum atomic E-state index is -0.298. The zero-order valence-corrected chi connectivity index (χ0v) is 16.0. The molecule has 1 amide bonds. The van der Waals surface area contributed by atoms with Crippen LogP contribution in [0.2, 0.25) is 0 Å². The molecule has 0 spiro atoms. The number of carbonyl (C=O) groups is 1. The molecule has 0 aliphatic heterocycles. The first-order chi connectivity index (χ1) is 14.1. The second-order valence-electron chi connectivity index (χ2n) is 6.71. The lowest BCUT2D eigenvalue weighted by atomic mass is 10.1. The first-order valence-corrected chi connectivity index (χ1v) is 9.35. The van der Waals surface area contributed by atoms with Crippen LogP contribution in [-0.2, 0) is 6.54 Å². The zero-order valence-electron chi connectivity index (χ0n) is 16.0. The predicted octanol–water partition coefficient (Wildman–Crippen LogP) is 4.92. The normalized spacial score (nSPS) is 10.7. The minimum Gasteiger partial charge on any atom is -0.346 e. The standard InChI is InChI=1S/C24H20FN3O/c1-17-22(24(29)27-16-20-9-5-6-14-26-20)15-23(18-7-3-2-4-8-18)28(17)21-12-10-19(25)11-13-21/h2-15H,16H2,1H3,(H,27,29). The summed E-state index contributed by atoms with van der Waals surface area (Å²) in [5, 5.41) is 2.93. The fourth-order valence-corrected chi connectivity index (χ4v) is 3.35. The number of benzene rings is 2. The lowest BCUT2D eigenvalue weighted by Gasteiger charge is -2.12. The van der Waals surface area contributed by atoms with Crippen LogP contribution in [0.4, 0.5) is 4.39 Å². The van der Waals surface area contributed by atoms with Crippen LogP contribution < -0.4 is 5.32 Å². The molecule has 0 aliphatic rings. The number of amides is 1. The van der Waals surface area contributed by atoms with Gasteiger partial charge in [-0.3, -0.25) is 9.78 Å². The molecule has 0 atom stereocenters. The van der Waals surface area contributed by atoms with Crippen LogP contribution in [-0.4, -0.2) is 15.5 Å². The summed E-state index contributed by atoms with van der Waals surface area (Å²) in [6, 6.07) is 23.6. The average molecular weight is 385 g/mol. The summed E-state index contributed by atoms with van der Waals surface area (Å²) in [6.45, 7) is 2.24.